The van der Waals surface area contributed by atoms with E-state index < -0.39 is 16.5 Å². The molecule has 1 atom stereocenters. The Kier molecular flexibility index (Phi) is 5.83. The van der Waals surface area contributed by atoms with E-state index in [4.69, 9.17) is 4.74 Å². The largest absolute Gasteiger partial charge is 0.465 e. The number of hydrogen-bond donors (Lipinski definition) is 0. The van der Waals surface area contributed by atoms with Crippen LogP contribution in [0.3, 0.4) is 0 Å². The van der Waals surface area contributed by atoms with E-state index in [0.29, 0.717) is 18.4 Å². The SMILES string of the molecule is CCOC(=O)C(C)(P=O)C1(C(=O)c2c(C)cc(C)cc2C)CCCC1. The van der Waals surface area contributed by atoms with Crippen molar-refractivity contribution < 1.29 is 18.9 Å². The minimum atomic E-state index is -1.36. The molecule has 0 N–H and O–H groups in total. The van der Waals surface area contributed by atoms with E-state index >= 15 is 0 Å². The molecule has 1 aliphatic rings. The van der Waals surface area contributed by atoms with Crippen molar-refractivity contribution in [2.24, 2.45) is 5.41 Å². The number of ketones is 1. The van der Waals surface area contributed by atoms with Crippen molar-refractivity contribution in [3.05, 3.63) is 34.4 Å². The van der Waals surface area contributed by atoms with Crippen LogP contribution < -0.4 is 0 Å². The van der Waals surface area contributed by atoms with Gasteiger partial charge in [-0.05, 0) is 58.6 Å². The first-order chi connectivity index (χ1) is 11.7. The van der Waals surface area contributed by atoms with Crippen LogP contribution in [0, 0.1) is 26.2 Å². The lowest BCUT2D eigenvalue weighted by molar-refractivity contribution is -0.148. The van der Waals surface area contributed by atoms with Crippen LogP contribution in [0.4, 0.5) is 0 Å². The fraction of sp³-hybridized carbons (Fsp3) is 0.600. The number of esters is 1. The molecule has 25 heavy (non-hydrogen) atoms. The van der Waals surface area contributed by atoms with Crippen molar-refractivity contribution in [3.8, 4) is 0 Å². The maximum Gasteiger partial charge on any atom is 0.324 e. The van der Waals surface area contributed by atoms with Crippen LogP contribution in [0.2, 0.25) is 0 Å². The lowest BCUT2D eigenvalue weighted by atomic mass is 9.67. The van der Waals surface area contributed by atoms with Crippen molar-refractivity contribution in [3.63, 3.8) is 0 Å². The Morgan fingerprint density at radius 2 is 1.68 bits per heavy atom. The number of ether oxygens (including phenoxy) is 1. The summed E-state index contributed by atoms with van der Waals surface area (Å²) in [6, 6.07) is 3.97. The Morgan fingerprint density at radius 1 is 1.16 bits per heavy atom. The third-order valence-electron chi connectivity index (χ3n) is 5.58. The van der Waals surface area contributed by atoms with Gasteiger partial charge in [-0.2, -0.15) is 0 Å². The van der Waals surface area contributed by atoms with Crippen molar-refractivity contribution in [2.75, 3.05) is 6.61 Å². The molecule has 136 valence electrons. The van der Waals surface area contributed by atoms with Crippen LogP contribution in [-0.2, 0) is 14.1 Å². The Balaban J connectivity index is 2.63. The minimum Gasteiger partial charge on any atom is -0.465 e. The lowest BCUT2D eigenvalue weighted by Gasteiger charge is -2.39. The van der Waals surface area contributed by atoms with Crippen LogP contribution in [0.15, 0.2) is 12.1 Å². The first-order valence-electron chi connectivity index (χ1n) is 8.88. The molecule has 0 spiro atoms. The van der Waals surface area contributed by atoms with E-state index in [0.717, 1.165) is 29.5 Å². The molecule has 1 aromatic rings. The van der Waals surface area contributed by atoms with Crippen LogP contribution in [0.5, 0.6) is 0 Å². The van der Waals surface area contributed by atoms with Crippen LogP contribution in [0.1, 0.15) is 66.6 Å². The highest BCUT2D eigenvalue weighted by atomic mass is 31.1. The van der Waals surface area contributed by atoms with Gasteiger partial charge in [0.15, 0.2) is 19.4 Å². The van der Waals surface area contributed by atoms with E-state index in [2.05, 4.69) is 0 Å². The van der Waals surface area contributed by atoms with E-state index in [-0.39, 0.29) is 20.9 Å². The normalized spacial score (nSPS) is 18.8. The lowest BCUT2D eigenvalue weighted by Crippen LogP contribution is -2.52. The summed E-state index contributed by atoms with van der Waals surface area (Å²) in [4.78, 5) is 26.4. The number of rotatable bonds is 6. The third kappa shape index (κ3) is 3.17. The molecular formula is C20H27O4P. The van der Waals surface area contributed by atoms with Crippen LogP contribution >= 0.6 is 8.46 Å². The van der Waals surface area contributed by atoms with Gasteiger partial charge in [-0.1, -0.05) is 30.5 Å². The molecule has 1 aliphatic carbocycles. The molecule has 0 saturated heterocycles. The summed E-state index contributed by atoms with van der Waals surface area (Å²) in [7, 11) is -0.355. The Morgan fingerprint density at radius 3 is 2.12 bits per heavy atom. The average molecular weight is 362 g/mol. The first kappa shape index (κ1) is 19.8. The summed E-state index contributed by atoms with van der Waals surface area (Å²) in [5.74, 6) is -0.622. The van der Waals surface area contributed by atoms with E-state index in [1.54, 1.807) is 13.8 Å². The number of carbonyl (C=O) groups is 2. The second kappa shape index (κ2) is 7.37. The fourth-order valence-corrected chi connectivity index (χ4v) is 4.92. The standard InChI is InChI=1S/C20H27O4P/c1-6-24-18(22)19(5,25-23)20(9-7-8-10-20)17(21)16-14(3)11-13(2)12-15(16)4/h11-12H,6-10H2,1-5H3. The van der Waals surface area contributed by atoms with Crippen molar-refractivity contribution in [1.82, 2.24) is 0 Å². The monoisotopic (exact) mass is 362 g/mol. The summed E-state index contributed by atoms with van der Waals surface area (Å²) in [5, 5.41) is -1.36. The second-order valence-electron chi connectivity index (χ2n) is 7.28. The zero-order valence-corrected chi connectivity index (χ0v) is 16.7. The summed E-state index contributed by atoms with van der Waals surface area (Å²) >= 11 is 0. The fourth-order valence-electron chi connectivity index (χ4n) is 4.28. The number of aryl methyl sites for hydroxylation is 3. The summed E-state index contributed by atoms with van der Waals surface area (Å²) < 4.78 is 17.3. The summed E-state index contributed by atoms with van der Waals surface area (Å²) in [5.41, 5.74) is 2.59. The Bertz CT molecular complexity index is 681. The van der Waals surface area contributed by atoms with Gasteiger partial charge in [0.05, 0.1) is 12.0 Å². The van der Waals surface area contributed by atoms with Gasteiger partial charge >= 0.3 is 5.97 Å². The molecule has 4 nitrogen and oxygen atoms in total. The van der Waals surface area contributed by atoms with Gasteiger partial charge < -0.3 is 4.74 Å². The quantitative estimate of drug-likeness (QED) is 0.407. The molecule has 1 saturated carbocycles. The summed E-state index contributed by atoms with van der Waals surface area (Å²) in [6.07, 6.45) is 2.81. The zero-order chi connectivity index (χ0) is 18.8. The highest BCUT2D eigenvalue weighted by molar-refractivity contribution is 7.28. The van der Waals surface area contributed by atoms with E-state index in [1.807, 2.05) is 32.9 Å². The zero-order valence-electron chi connectivity index (χ0n) is 15.8. The van der Waals surface area contributed by atoms with Gasteiger partial charge in [0.25, 0.3) is 0 Å². The Hall–Kier alpha value is -1.54. The number of carbonyl (C=O) groups excluding carboxylic acids is 2. The van der Waals surface area contributed by atoms with E-state index in [9.17, 15) is 14.2 Å². The average Bonchev–Trinajstić information content (AvgIpc) is 3.04. The first-order valence-corrected chi connectivity index (χ1v) is 9.69. The maximum atomic E-state index is 13.7. The van der Waals surface area contributed by atoms with Gasteiger partial charge in [0.1, 0.15) is 0 Å². The maximum absolute atomic E-state index is 13.7. The predicted molar refractivity (Wildman–Crippen MR) is 98.5 cm³/mol. The van der Waals surface area contributed by atoms with Gasteiger partial charge in [-0.3, -0.25) is 14.2 Å². The molecule has 0 amide bonds. The number of Topliss-reactive ketones (excluding diaryl/α,β-unsaturated/α-hetero) is 1. The minimum absolute atomic E-state index is 0.0705. The van der Waals surface area contributed by atoms with Crippen molar-refractivity contribution >= 4 is 20.2 Å². The highest BCUT2D eigenvalue weighted by Gasteiger charge is 2.61. The summed E-state index contributed by atoms with van der Waals surface area (Å²) in [6.45, 7) is 9.38. The predicted octanol–water partition coefficient (Wildman–Crippen LogP) is 4.97. The van der Waals surface area contributed by atoms with Crippen LogP contribution in [-0.4, -0.2) is 23.5 Å². The Labute approximate surface area is 151 Å². The molecule has 1 fully saturated rings. The topological polar surface area (TPSA) is 60.4 Å². The van der Waals surface area contributed by atoms with Crippen LogP contribution in [0.25, 0.3) is 0 Å². The molecule has 0 bridgehead atoms. The van der Waals surface area contributed by atoms with Gasteiger partial charge in [-0.15, -0.1) is 0 Å². The van der Waals surface area contributed by atoms with Gasteiger partial charge in [-0.25, -0.2) is 0 Å². The molecule has 5 heteroatoms. The molecule has 2 rings (SSSR count). The molecular weight excluding hydrogens is 335 g/mol. The van der Waals surface area contributed by atoms with Crippen molar-refractivity contribution in [2.45, 2.75) is 65.5 Å². The molecule has 0 aromatic heterocycles. The molecule has 0 heterocycles. The smallest absolute Gasteiger partial charge is 0.324 e. The molecule has 1 unspecified atom stereocenters. The van der Waals surface area contributed by atoms with Gasteiger partial charge in [0, 0.05) is 5.56 Å². The molecule has 0 aliphatic heterocycles. The van der Waals surface area contributed by atoms with Gasteiger partial charge in [0.2, 0.25) is 0 Å². The second-order valence-corrected chi connectivity index (χ2v) is 8.35. The number of hydrogen-bond acceptors (Lipinski definition) is 4. The highest BCUT2D eigenvalue weighted by Crippen LogP contribution is 2.55. The third-order valence-corrected chi connectivity index (χ3v) is 6.56. The molecule has 0 radical (unpaired) electrons. The van der Waals surface area contributed by atoms with E-state index in [1.165, 1.54) is 0 Å². The number of benzene rings is 1. The molecule has 1 aromatic carbocycles. The van der Waals surface area contributed by atoms with Crippen molar-refractivity contribution in [1.29, 1.82) is 0 Å².